The molecule has 2 aliphatic heterocycles. The average Bonchev–Trinajstić information content (AvgIpc) is 2.96. The molecule has 0 spiro atoms. The topological polar surface area (TPSA) is 38.5 Å². The van der Waals surface area contributed by atoms with Gasteiger partial charge in [0.05, 0.1) is 6.04 Å². The minimum absolute atomic E-state index is 0.0808. The molecule has 0 aliphatic carbocycles. The van der Waals surface area contributed by atoms with Crippen LogP contribution < -0.4 is 10.5 Å². The van der Waals surface area contributed by atoms with Crippen molar-refractivity contribution in [2.45, 2.75) is 44.8 Å². The second-order valence-electron chi connectivity index (χ2n) is 6.37. The van der Waals surface area contributed by atoms with Crippen LogP contribution >= 0.6 is 0 Å². The molecule has 19 heavy (non-hydrogen) atoms. The van der Waals surface area contributed by atoms with Gasteiger partial charge in [-0.2, -0.15) is 0 Å². The molecule has 1 fully saturated rings. The van der Waals surface area contributed by atoms with E-state index in [1.807, 2.05) is 0 Å². The van der Waals surface area contributed by atoms with E-state index in [9.17, 15) is 0 Å². The first kappa shape index (κ1) is 12.9. The molecular formula is C16H24N2O. The van der Waals surface area contributed by atoms with Crippen LogP contribution in [0.2, 0.25) is 0 Å². The highest BCUT2D eigenvalue weighted by molar-refractivity contribution is 5.47. The summed E-state index contributed by atoms with van der Waals surface area (Å²) in [7, 11) is 0. The minimum Gasteiger partial charge on any atom is -0.487 e. The van der Waals surface area contributed by atoms with E-state index in [-0.39, 0.29) is 5.60 Å². The Morgan fingerprint density at radius 3 is 2.74 bits per heavy atom. The van der Waals surface area contributed by atoms with Crippen molar-refractivity contribution < 1.29 is 4.74 Å². The summed E-state index contributed by atoms with van der Waals surface area (Å²) in [5, 5.41) is 0. The SMILES string of the molecule is CC1(C)Cc2cccc(C(CN)N3CCCC3)c2O1. The van der Waals surface area contributed by atoms with Crippen LogP contribution in [0.15, 0.2) is 18.2 Å². The Morgan fingerprint density at radius 1 is 1.32 bits per heavy atom. The Kier molecular flexibility index (Phi) is 3.27. The van der Waals surface area contributed by atoms with Crippen LogP contribution in [0.1, 0.15) is 43.9 Å². The molecule has 0 aromatic heterocycles. The van der Waals surface area contributed by atoms with E-state index >= 15 is 0 Å². The average molecular weight is 260 g/mol. The van der Waals surface area contributed by atoms with Gasteiger partial charge in [-0.3, -0.25) is 4.90 Å². The third kappa shape index (κ3) is 2.37. The number of benzene rings is 1. The molecule has 2 aliphatic rings. The molecule has 0 radical (unpaired) electrons. The fourth-order valence-electron chi connectivity index (χ4n) is 3.43. The number of nitrogens with zero attached hydrogens (tertiary/aromatic N) is 1. The third-order valence-corrected chi connectivity index (χ3v) is 4.29. The molecule has 3 heteroatoms. The van der Waals surface area contributed by atoms with Crippen LogP contribution in [0.25, 0.3) is 0 Å². The highest BCUT2D eigenvalue weighted by atomic mass is 16.5. The van der Waals surface area contributed by atoms with Crippen molar-refractivity contribution in [1.29, 1.82) is 0 Å². The summed E-state index contributed by atoms with van der Waals surface area (Å²) in [4.78, 5) is 2.50. The molecule has 1 aromatic rings. The molecule has 1 aromatic carbocycles. The highest BCUT2D eigenvalue weighted by Gasteiger charge is 2.34. The van der Waals surface area contributed by atoms with Gasteiger partial charge in [-0.15, -0.1) is 0 Å². The van der Waals surface area contributed by atoms with E-state index < -0.39 is 0 Å². The maximum absolute atomic E-state index is 6.19. The summed E-state index contributed by atoms with van der Waals surface area (Å²) in [6, 6.07) is 6.84. The number of rotatable bonds is 3. The fourth-order valence-corrected chi connectivity index (χ4v) is 3.43. The number of likely N-dealkylation sites (tertiary alicyclic amines) is 1. The summed E-state index contributed by atoms with van der Waals surface area (Å²) in [6.07, 6.45) is 3.57. The van der Waals surface area contributed by atoms with Gasteiger partial charge in [0.1, 0.15) is 11.4 Å². The lowest BCUT2D eigenvalue weighted by molar-refractivity contribution is 0.133. The van der Waals surface area contributed by atoms with Crippen molar-refractivity contribution in [3.8, 4) is 5.75 Å². The largest absolute Gasteiger partial charge is 0.487 e. The van der Waals surface area contributed by atoms with Gasteiger partial charge in [-0.05, 0) is 45.3 Å². The molecule has 1 atom stereocenters. The van der Waals surface area contributed by atoms with E-state index in [1.54, 1.807) is 0 Å². The van der Waals surface area contributed by atoms with Crippen LogP contribution in [0, 0.1) is 0 Å². The van der Waals surface area contributed by atoms with E-state index in [1.165, 1.54) is 24.0 Å². The Bertz CT molecular complexity index is 464. The maximum atomic E-state index is 6.19. The normalized spacial score (nSPS) is 23.1. The summed E-state index contributed by atoms with van der Waals surface area (Å²) in [5.41, 5.74) is 8.59. The summed E-state index contributed by atoms with van der Waals surface area (Å²) in [5.74, 6) is 1.09. The standard InChI is InChI=1S/C16H24N2O/c1-16(2)10-12-6-5-7-13(15(12)19-16)14(11-17)18-8-3-4-9-18/h5-7,14H,3-4,8-11,17H2,1-2H3. The Hall–Kier alpha value is -1.06. The smallest absolute Gasteiger partial charge is 0.128 e. The number of nitrogens with two attached hydrogens (primary N) is 1. The van der Waals surface area contributed by atoms with Crippen molar-refractivity contribution in [1.82, 2.24) is 4.90 Å². The van der Waals surface area contributed by atoms with Gasteiger partial charge in [0.15, 0.2) is 0 Å². The van der Waals surface area contributed by atoms with Crippen molar-refractivity contribution in [3.63, 3.8) is 0 Å². The fraction of sp³-hybridized carbons (Fsp3) is 0.625. The summed E-state index contributed by atoms with van der Waals surface area (Å²) >= 11 is 0. The predicted molar refractivity (Wildman–Crippen MR) is 77.5 cm³/mol. The minimum atomic E-state index is -0.0808. The predicted octanol–water partition coefficient (Wildman–Crippen LogP) is 2.50. The van der Waals surface area contributed by atoms with Gasteiger partial charge < -0.3 is 10.5 Å². The van der Waals surface area contributed by atoms with Gasteiger partial charge in [-0.1, -0.05) is 18.2 Å². The van der Waals surface area contributed by atoms with E-state index in [4.69, 9.17) is 10.5 Å². The lowest BCUT2D eigenvalue weighted by Crippen LogP contribution is -2.32. The zero-order valence-corrected chi connectivity index (χ0v) is 12.0. The molecule has 1 saturated heterocycles. The van der Waals surface area contributed by atoms with E-state index in [0.717, 1.165) is 25.3 Å². The van der Waals surface area contributed by atoms with Crippen LogP contribution in [0.3, 0.4) is 0 Å². The lowest BCUT2D eigenvalue weighted by Gasteiger charge is -2.28. The van der Waals surface area contributed by atoms with Crippen molar-refractivity contribution >= 4 is 0 Å². The van der Waals surface area contributed by atoms with Crippen LogP contribution in [0.4, 0.5) is 0 Å². The van der Waals surface area contributed by atoms with Crippen molar-refractivity contribution in [2.24, 2.45) is 5.73 Å². The van der Waals surface area contributed by atoms with Crippen LogP contribution in [-0.2, 0) is 6.42 Å². The third-order valence-electron chi connectivity index (χ3n) is 4.29. The molecule has 1 unspecified atom stereocenters. The molecule has 0 saturated carbocycles. The number of hydrogen-bond donors (Lipinski definition) is 1. The molecule has 3 nitrogen and oxygen atoms in total. The zero-order chi connectivity index (χ0) is 13.5. The number of fused-ring (bicyclic) bond motifs is 1. The van der Waals surface area contributed by atoms with Gasteiger partial charge in [-0.25, -0.2) is 0 Å². The Morgan fingerprint density at radius 2 is 2.05 bits per heavy atom. The molecule has 3 rings (SSSR count). The summed E-state index contributed by atoms with van der Waals surface area (Å²) < 4.78 is 6.19. The molecular weight excluding hydrogens is 236 g/mol. The first-order chi connectivity index (χ1) is 9.11. The second kappa shape index (κ2) is 4.80. The van der Waals surface area contributed by atoms with Gasteiger partial charge in [0.25, 0.3) is 0 Å². The molecule has 104 valence electrons. The quantitative estimate of drug-likeness (QED) is 0.907. The van der Waals surface area contributed by atoms with E-state index in [2.05, 4.69) is 36.9 Å². The van der Waals surface area contributed by atoms with E-state index in [0.29, 0.717) is 12.6 Å². The second-order valence-corrected chi connectivity index (χ2v) is 6.37. The lowest BCUT2D eigenvalue weighted by atomic mass is 9.97. The summed E-state index contributed by atoms with van der Waals surface area (Å²) in [6.45, 7) is 7.30. The molecule has 0 bridgehead atoms. The van der Waals surface area contributed by atoms with Crippen molar-refractivity contribution in [3.05, 3.63) is 29.3 Å². The van der Waals surface area contributed by atoms with Gasteiger partial charge >= 0.3 is 0 Å². The van der Waals surface area contributed by atoms with Gasteiger partial charge in [0.2, 0.25) is 0 Å². The molecule has 2 N–H and O–H groups in total. The first-order valence-corrected chi connectivity index (χ1v) is 7.36. The van der Waals surface area contributed by atoms with Crippen LogP contribution in [0.5, 0.6) is 5.75 Å². The maximum Gasteiger partial charge on any atom is 0.128 e. The number of ether oxygens (including phenoxy) is 1. The highest BCUT2D eigenvalue weighted by Crippen LogP contribution is 2.41. The van der Waals surface area contributed by atoms with Gasteiger partial charge in [0, 0.05) is 18.5 Å². The Labute approximate surface area is 115 Å². The number of para-hydroxylation sites is 1. The zero-order valence-electron chi connectivity index (χ0n) is 12.0. The van der Waals surface area contributed by atoms with Crippen LogP contribution in [-0.4, -0.2) is 30.1 Å². The molecule has 0 amide bonds. The molecule has 2 heterocycles. The monoisotopic (exact) mass is 260 g/mol. The first-order valence-electron chi connectivity index (χ1n) is 7.36. The Balaban J connectivity index is 1.95. The van der Waals surface area contributed by atoms with Crippen molar-refractivity contribution in [2.75, 3.05) is 19.6 Å². The number of hydrogen-bond acceptors (Lipinski definition) is 3.